The first kappa shape index (κ1) is 17.6. The molecule has 0 bridgehead atoms. The second-order valence-corrected chi connectivity index (χ2v) is 6.10. The predicted molar refractivity (Wildman–Crippen MR) is 91.0 cm³/mol. The average Bonchev–Trinajstić information content (AvgIpc) is 2.52. The van der Waals surface area contributed by atoms with E-state index in [-0.39, 0.29) is 5.91 Å². The van der Waals surface area contributed by atoms with E-state index in [2.05, 4.69) is 19.2 Å². The van der Waals surface area contributed by atoms with Crippen molar-refractivity contribution in [1.29, 1.82) is 0 Å². The molecule has 2 atom stereocenters. The van der Waals surface area contributed by atoms with Gasteiger partial charge in [0, 0.05) is 31.6 Å². The van der Waals surface area contributed by atoms with Gasteiger partial charge in [0.25, 0.3) is 0 Å². The van der Waals surface area contributed by atoms with Crippen LogP contribution in [0.1, 0.15) is 33.6 Å². The molecule has 1 aliphatic rings. The molecular formula is C18H28N2O3. The van der Waals surface area contributed by atoms with Gasteiger partial charge in [-0.2, -0.15) is 0 Å². The summed E-state index contributed by atoms with van der Waals surface area (Å²) in [4.78, 5) is 14.2. The summed E-state index contributed by atoms with van der Waals surface area (Å²) in [6, 6.07) is 8.36. The Hall–Kier alpha value is -1.75. The normalized spacial score (nSPS) is 21.1. The van der Waals surface area contributed by atoms with Gasteiger partial charge >= 0.3 is 0 Å². The van der Waals surface area contributed by atoms with E-state index in [1.54, 1.807) is 0 Å². The molecule has 1 fully saturated rings. The first-order valence-corrected chi connectivity index (χ1v) is 8.48. The zero-order valence-corrected chi connectivity index (χ0v) is 14.4. The van der Waals surface area contributed by atoms with E-state index in [0.29, 0.717) is 38.1 Å². The first-order valence-electron chi connectivity index (χ1n) is 8.48. The molecule has 1 heterocycles. The number of nitrogens with zero attached hydrogens (tertiary/aromatic N) is 1. The van der Waals surface area contributed by atoms with Crippen LogP contribution in [0.25, 0.3) is 0 Å². The Labute approximate surface area is 139 Å². The molecule has 1 amide bonds. The van der Waals surface area contributed by atoms with Crippen LogP contribution in [-0.2, 0) is 4.79 Å². The van der Waals surface area contributed by atoms with Crippen LogP contribution in [0.2, 0.25) is 0 Å². The number of amides is 1. The van der Waals surface area contributed by atoms with Crippen molar-refractivity contribution in [3.8, 4) is 11.5 Å². The van der Waals surface area contributed by atoms with Crippen molar-refractivity contribution in [1.82, 2.24) is 10.2 Å². The number of hydrogen-bond donors (Lipinski definition) is 1. The number of carbonyl (C=O) groups excluding carboxylic acids is 1. The molecule has 0 saturated carbocycles. The Morgan fingerprint density at radius 3 is 2.39 bits per heavy atom. The third kappa shape index (κ3) is 5.43. The van der Waals surface area contributed by atoms with Crippen LogP contribution >= 0.6 is 0 Å². The zero-order valence-electron chi connectivity index (χ0n) is 14.4. The molecule has 128 valence electrons. The lowest BCUT2D eigenvalue weighted by atomic mass is 10.1. The second kappa shape index (κ2) is 8.77. The summed E-state index contributed by atoms with van der Waals surface area (Å²) in [5.41, 5.74) is 0. The van der Waals surface area contributed by atoms with Gasteiger partial charge in [-0.3, -0.25) is 4.79 Å². The maximum Gasteiger partial charge on any atom is 0.222 e. The van der Waals surface area contributed by atoms with Gasteiger partial charge in [-0.05, 0) is 39.3 Å². The third-order valence-electron chi connectivity index (χ3n) is 3.85. The molecule has 0 spiro atoms. The maximum atomic E-state index is 12.3. The minimum atomic E-state index is 0.215. The Bertz CT molecular complexity index is 497. The number of piperazine rings is 1. The van der Waals surface area contributed by atoms with Crippen molar-refractivity contribution in [3.05, 3.63) is 24.3 Å². The van der Waals surface area contributed by atoms with Crippen molar-refractivity contribution < 1.29 is 14.3 Å². The zero-order chi connectivity index (χ0) is 16.7. The molecule has 1 N–H and O–H groups in total. The Balaban J connectivity index is 1.74. The molecule has 5 nitrogen and oxygen atoms in total. The van der Waals surface area contributed by atoms with Crippen LogP contribution in [-0.4, -0.2) is 49.2 Å². The minimum Gasteiger partial charge on any atom is -0.490 e. The molecule has 0 aromatic heterocycles. The van der Waals surface area contributed by atoms with Crippen LogP contribution in [0.3, 0.4) is 0 Å². The SMILES string of the molecule is CCOc1ccccc1OCCCC(=O)N1C[C@H](C)N[C@@H](C)C1. The highest BCUT2D eigenvalue weighted by Crippen LogP contribution is 2.26. The topological polar surface area (TPSA) is 50.8 Å². The number of carbonyl (C=O) groups is 1. The molecular weight excluding hydrogens is 292 g/mol. The molecule has 2 rings (SSSR count). The fourth-order valence-electron chi connectivity index (χ4n) is 2.94. The number of hydrogen-bond acceptors (Lipinski definition) is 4. The van der Waals surface area contributed by atoms with Gasteiger partial charge in [-0.25, -0.2) is 0 Å². The second-order valence-electron chi connectivity index (χ2n) is 6.10. The highest BCUT2D eigenvalue weighted by Gasteiger charge is 2.24. The standard InChI is InChI=1S/C18H28N2O3/c1-4-22-16-8-5-6-9-17(16)23-11-7-10-18(21)20-12-14(2)19-15(3)13-20/h5-6,8-9,14-15,19H,4,7,10-13H2,1-3H3/t14-,15-/m0/s1. The van der Waals surface area contributed by atoms with Crippen molar-refractivity contribution >= 4 is 5.91 Å². The van der Waals surface area contributed by atoms with Gasteiger partial charge in [0.1, 0.15) is 0 Å². The van der Waals surface area contributed by atoms with Crippen molar-refractivity contribution in [2.75, 3.05) is 26.3 Å². The summed E-state index contributed by atoms with van der Waals surface area (Å²) in [6.45, 7) is 8.89. The summed E-state index contributed by atoms with van der Waals surface area (Å²) < 4.78 is 11.3. The van der Waals surface area contributed by atoms with Gasteiger partial charge in [0.15, 0.2) is 11.5 Å². The Morgan fingerprint density at radius 2 is 1.78 bits per heavy atom. The van der Waals surface area contributed by atoms with Gasteiger partial charge in [0.05, 0.1) is 13.2 Å². The third-order valence-corrected chi connectivity index (χ3v) is 3.85. The first-order chi connectivity index (χ1) is 11.1. The number of ether oxygens (including phenoxy) is 2. The molecule has 0 unspecified atom stereocenters. The lowest BCUT2D eigenvalue weighted by Gasteiger charge is -2.36. The van der Waals surface area contributed by atoms with Crippen molar-refractivity contribution in [2.24, 2.45) is 0 Å². The number of rotatable bonds is 7. The van der Waals surface area contributed by atoms with E-state index >= 15 is 0 Å². The maximum absolute atomic E-state index is 12.3. The van der Waals surface area contributed by atoms with Gasteiger partial charge in [-0.15, -0.1) is 0 Å². The summed E-state index contributed by atoms with van der Waals surface area (Å²) in [5.74, 6) is 1.71. The Morgan fingerprint density at radius 1 is 1.17 bits per heavy atom. The fourth-order valence-corrected chi connectivity index (χ4v) is 2.94. The monoisotopic (exact) mass is 320 g/mol. The van der Waals surface area contributed by atoms with Crippen molar-refractivity contribution in [2.45, 2.75) is 45.7 Å². The minimum absolute atomic E-state index is 0.215. The molecule has 1 aromatic rings. The highest BCUT2D eigenvalue weighted by molar-refractivity contribution is 5.76. The van der Waals surface area contributed by atoms with E-state index in [1.807, 2.05) is 36.1 Å². The molecule has 5 heteroatoms. The van der Waals surface area contributed by atoms with Gasteiger partial charge in [0.2, 0.25) is 5.91 Å². The number of para-hydroxylation sites is 2. The quantitative estimate of drug-likeness (QED) is 0.784. The summed E-state index contributed by atoms with van der Waals surface area (Å²) in [5, 5.41) is 3.44. The molecule has 23 heavy (non-hydrogen) atoms. The highest BCUT2D eigenvalue weighted by atomic mass is 16.5. The average molecular weight is 320 g/mol. The van der Waals surface area contributed by atoms with Crippen LogP contribution in [0.5, 0.6) is 11.5 Å². The van der Waals surface area contributed by atoms with Gasteiger partial charge in [-0.1, -0.05) is 12.1 Å². The van der Waals surface area contributed by atoms with E-state index in [1.165, 1.54) is 0 Å². The lowest BCUT2D eigenvalue weighted by molar-refractivity contribution is -0.133. The summed E-state index contributed by atoms with van der Waals surface area (Å²) >= 11 is 0. The summed E-state index contributed by atoms with van der Waals surface area (Å²) in [7, 11) is 0. The molecule has 1 aliphatic heterocycles. The van der Waals surface area contributed by atoms with E-state index < -0.39 is 0 Å². The predicted octanol–water partition coefficient (Wildman–Crippen LogP) is 2.45. The van der Waals surface area contributed by atoms with Gasteiger partial charge < -0.3 is 19.7 Å². The lowest BCUT2D eigenvalue weighted by Crippen LogP contribution is -2.55. The molecule has 0 aliphatic carbocycles. The van der Waals surface area contributed by atoms with Crippen LogP contribution in [0.15, 0.2) is 24.3 Å². The Kier molecular flexibility index (Phi) is 6.71. The molecule has 1 aromatic carbocycles. The van der Waals surface area contributed by atoms with Crippen molar-refractivity contribution in [3.63, 3.8) is 0 Å². The fraction of sp³-hybridized carbons (Fsp3) is 0.611. The molecule has 0 radical (unpaired) electrons. The van der Waals surface area contributed by atoms with Crippen LogP contribution < -0.4 is 14.8 Å². The number of benzene rings is 1. The van der Waals surface area contributed by atoms with E-state index in [9.17, 15) is 4.79 Å². The van der Waals surface area contributed by atoms with E-state index in [4.69, 9.17) is 9.47 Å². The largest absolute Gasteiger partial charge is 0.490 e. The van der Waals surface area contributed by atoms with Crippen LogP contribution in [0.4, 0.5) is 0 Å². The number of nitrogens with one attached hydrogen (secondary N) is 1. The smallest absolute Gasteiger partial charge is 0.222 e. The van der Waals surface area contributed by atoms with Crippen LogP contribution in [0, 0.1) is 0 Å². The summed E-state index contributed by atoms with van der Waals surface area (Å²) in [6.07, 6.45) is 1.24. The molecule has 1 saturated heterocycles. The van der Waals surface area contributed by atoms with E-state index in [0.717, 1.165) is 24.6 Å².